The van der Waals surface area contributed by atoms with Crippen LogP contribution in [0, 0.1) is 5.92 Å². The van der Waals surface area contributed by atoms with Gasteiger partial charge in [-0.15, -0.1) is 0 Å². The lowest BCUT2D eigenvalue weighted by molar-refractivity contribution is -0.124. The van der Waals surface area contributed by atoms with Crippen molar-refractivity contribution in [2.75, 3.05) is 6.54 Å². The van der Waals surface area contributed by atoms with Crippen molar-refractivity contribution in [3.8, 4) is 0 Å². The van der Waals surface area contributed by atoms with E-state index in [0.717, 1.165) is 12.8 Å². The average molecular weight is 213 g/mol. The number of carbonyl (C=O) groups is 3. The van der Waals surface area contributed by atoms with Crippen molar-refractivity contribution in [2.24, 2.45) is 5.92 Å². The smallest absolute Gasteiger partial charge is 0.404 e. The molecule has 1 heterocycles. The van der Waals surface area contributed by atoms with Crippen LogP contribution in [0.25, 0.3) is 0 Å². The van der Waals surface area contributed by atoms with Gasteiger partial charge in [0.25, 0.3) is 5.91 Å². The zero-order valence-electron chi connectivity index (χ0n) is 7.87. The van der Waals surface area contributed by atoms with E-state index in [1.807, 2.05) is 0 Å². The molecule has 0 spiro atoms. The molecule has 0 aromatic heterocycles. The highest BCUT2D eigenvalue weighted by molar-refractivity contribution is 6.07. The van der Waals surface area contributed by atoms with Gasteiger partial charge in [-0.2, -0.15) is 0 Å². The van der Waals surface area contributed by atoms with E-state index in [9.17, 15) is 14.4 Å². The van der Waals surface area contributed by atoms with Gasteiger partial charge in [0.15, 0.2) is 0 Å². The monoisotopic (exact) mass is 213 g/mol. The summed E-state index contributed by atoms with van der Waals surface area (Å²) in [6.45, 7) is -0.0788. The summed E-state index contributed by atoms with van der Waals surface area (Å²) in [7, 11) is 0. The van der Waals surface area contributed by atoms with E-state index >= 15 is 0 Å². The minimum atomic E-state index is -1.20. The predicted molar refractivity (Wildman–Crippen MR) is 48.2 cm³/mol. The maximum absolute atomic E-state index is 11.6. The maximum Gasteiger partial charge on any atom is 0.404 e. The van der Waals surface area contributed by atoms with Gasteiger partial charge in [-0.25, -0.2) is 9.59 Å². The highest BCUT2D eigenvalue weighted by Gasteiger charge is 2.56. The van der Waals surface area contributed by atoms with Crippen molar-refractivity contribution < 1.29 is 19.5 Å². The van der Waals surface area contributed by atoms with Gasteiger partial charge in [0.05, 0.1) is 6.54 Å². The summed E-state index contributed by atoms with van der Waals surface area (Å²) in [5.74, 6) is -0.403. The molecule has 82 valence electrons. The highest BCUT2D eigenvalue weighted by Crippen LogP contribution is 2.40. The predicted octanol–water partition coefficient (Wildman–Crippen LogP) is -0.758. The van der Waals surface area contributed by atoms with E-state index in [0.29, 0.717) is 0 Å². The number of urea groups is 1. The van der Waals surface area contributed by atoms with Crippen molar-refractivity contribution in [1.29, 1.82) is 0 Å². The highest BCUT2D eigenvalue weighted by atomic mass is 16.4. The number of imide groups is 1. The van der Waals surface area contributed by atoms with Crippen LogP contribution >= 0.6 is 0 Å². The molecule has 2 rings (SSSR count). The van der Waals surface area contributed by atoms with Crippen LogP contribution in [-0.4, -0.2) is 35.2 Å². The molecule has 1 saturated heterocycles. The summed E-state index contributed by atoms with van der Waals surface area (Å²) in [5.41, 5.74) is -1.07. The summed E-state index contributed by atoms with van der Waals surface area (Å²) >= 11 is 0. The molecule has 0 aromatic carbocycles. The zero-order chi connectivity index (χ0) is 11.1. The number of carbonyl (C=O) groups excluding carboxylic acids is 2. The third-order valence-electron chi connectivity index (χ3n) is 2.76. The summed E-state index contributed by atoms with van der Waals surface area (Å²) in [5, 5.41) is 15.3. The van der Waals surface area contributed by atoms with Gasteiger partial charge in [0.1, 0.15) is 5.54 Å². The number of rotatable bonds is 3. The minimum Gasteiger partial charge on any atom is -0.465 e. The summed E-state index contributed by atoms with van der Waals surface area (Å²) in [4.78, 5) is 33.0. The van der Waals surface area contributed by atoms with Crippen LogP contribution < -0.4 is 16.0 Å². The van der Waals surface area contributed by atoms with E-state index < -0.39 is 23.6 Å². The lowest BCUT2D eigenvalue weighted by Crippen LogP contribution is -2.56. The Balaban J connectivity index is 2.13. The second-order valence-electron chi connectivity index (χ2n) is 3.81. The van der Waals surface area contributed by atoms with Gasteiger partial charge in [-0.3, -0.25) is 10.1 Å². The van der Waals surface area contributed by atoms with Crippen LogP contribution in [0.1, 0.15) is 12.8 Å². The molecule has 4 amide bonds. The van der Waals surface area contributed by atoms with Crippen LogP contribution in [-0.2, 0) is 4.79 Å². The summed E-state index contributed by atoms with van der Waals surface area (Å²) < 4.78 is 0. The normalized spacial score (nSPS) is 29.6. The number of hydrogen-bond donors (Lipinski definition) is 4. The first-order chi connectivity index (χ1) is 7.04. The molecule has 2 fully saturated rings. The van der Waals surface area contributed by atoms with Crippen LogP contribution in [0.5, 0.6) is 0 Å². The molecular formula is C8H11N3O4. The van der Waals surface area contributed by atoms with Crippen LogP contribution in [0.4, 0.5) is 9.59 Å². The van der Waals surface area contributed by atoms with Gasteiger partial charge < -0.3 is 15.7 Å². The van der Waals surface area contributed by atoms with E-state index in [2.05, 4.69) is 16.0 Å². The lowest BCUT2D eigenvalue weighted by atomic mass is 9.93. The van der Waals surface area contributed by atoms with Gasteiger partial charge in [-0.05, 0) is 18.8 Å². The van der Waals surface area contributed by atoms with Gasteiger partial charge in [0.2, 0.25) is 0 Å². The first kappa shape index (κ1) is 9.75. The molecule has 15 heavy (non-hydrogen) atoms. The number of hydrogen-bond acceptors (Lipinski definition) is 3. The molecular weight excluding hydrogens is 202 g/mol. The molecule has 0 bridgehead atoms. The Bertz CT molecular complexity index is 339. The third-order valence-corrected chi connectivity index (χ3v) is 2.76. The maximum atomic E-state index is 11.6. The van der Waals surface area contributed by atoms with Crippen LogP contribution in [0.15, 0.2) is 0 Å². The van der Waals surface area contributed by atoms with Crippen molar-refractivity contribution in [2.45, 2.75) is 18.4 Å². The molecule has 0 radical (unpaired) electrons. The van der Waals surface area contributed by atoms with Crippen LogP contribution in [0.2, 0.25) is 0 Å². The Morgan fingerprint density at radius 2 is 2.20 bits per heavy atom. The van der Waals surface area contributed by atoms with Gasteiger partial charge in [0, 0.05) is 0 Å². The van der Waals surface area contributed by atoms with Gasteiger partial charge >= 0.3 is 12.1 Å². The molecule has 4 N–H and O–H groups in total. The average Bonchev–Trinajstić information content (AvgIpc) is 2.91. The Kier molecular flexibility index (Phi) is 2.02. The quantitative estimate of drug-likeness (QED) is 0.462. The standard InChI is InChI=1S/C8H11N3O4/c12-5-8(4-1-2-4,3-9-7(14)15)11-6(13)10-5/h4,9H,1-3H2,(H,14,15)(H2,10,11,12,13)/t8-/m0/s1. The zero-order valence-corrected chi connectivity index (χ0v) is 7.87. The number of nitrogens with one attached hydrogen (secondary N) is 3. The lowest BCUT2D eigenvalue weighted by Gasteiger charge is -2.25. The van der Waals surface area contributed by atoms with Crippen LogP contribution in [0.3, 0.4) is 0 Å². The Hall–Kier alpha value is -1.79. The first-order valence-corrected chi connectivity index (χ1v) is 4.65. The van der Waals surface area contributed by atoms with Crippen molar-refractivity contribution in [3.63, 3.8) is 0 Å². The fourth-order valence-electron chi connectivity index (χ4n) is 1.85. The molecule has 2 aliphatic rings. The van der Waals surface area contributed by atoms with E-state index in [1.54, 1.807) is 0 Å². The van der Waals surface area contributed by atoms with E-state index in [-0.39, 0.29) is 12.5 Å². The second kappa shape index (κ2) is 3.11. The SMILES string of the molecule is O=C(O)NC[C@@]1(C2CC2)NC(=O)NC1=O. The van der Waals surface area contributed by atoms with E-state index in [1.165, 1.54) is 0 Å². The molecule has 1 saturated carbocycles. The van der Waals surface area contributed by atoms with Crippen molar-refractivity contribution in [1.82, 2.24) is 16.0 Å². The van der Waals surface area contributed by atoms with Crippen molar-refractivity contribution >= 4 is 18.0 Å². The topological polar surface area (TPSA) is 108 Å². The first-order valence-electron chi connectivity index (χ1n) is 4.65. The molecule has 1 aliphatic heterocycles. The molecule has 0 aromatic rings. The molecule has 7 nitrogen and oxygen atoms in total. The number of amides is 4. The fourth-order valence-corrected chi connectivity index (χ4v) is 1.85. The Morgan fingerprint density at radius 3 is 2.60 bits per heavy atom. The van der Waals surface area contributed by atoms with E-state index in [4.69, 9.17) is 5.11 Å². The second-order valence-corrected chi connectivity index (χ2v) is 3.81. The third kappa shape index (κ3) is 1.60. The number of carboxylic acid groups (broad SMARTS) is 1. The largest absolute Gasteiger partial charge is 0.465 e. The summed E-state index contributed by atoms with van der Waals surface area (Å²) in [6.07, 6.45) is 0.452. The molecule has 0 unspecified atom stereocenters. The fraction of sp³-hybridized carbons (Fsp3) is 0.625. The molecule has 7 heteroatoms. The van der Waals surface area contributed by atoms with Gasteiger partial charge in [-0.1, -0.05) is 0 Å². The molecule has 1 atom stereocenters. The Morgan fingerprint density at radius 1 is 1.53 bits per heavy atom. The minimum absolute atomic E-state index is 0.0378. The Labute approximate surface area is 85.2 Å². The molecule has 1 aliphatic carbocycles. The summed E-state index contributed by atoms with van der Waals surface area (Å²) in [6, 6.07) is -0.556. The van der Waals surface area contributed by atoms with Crippen molar-refractivity contribution in [3.05, 3.63) is 0 Å².